The van der Waals surface area contributed by atoms with Gasteiger partial charge in [0.2, 0.25) is 5.91 Å². The van der Waals surface area contributed by atoms with Gasteiger partial charge >= 0.3 is 0 Å². The van der Waals surface area contributed by atoms with E-state index in [4.69, 9.17) is 5.73 Å². The molecule has 0 unspecified atom stereocenters. The molecule has 1 atom stereocenters. The van der Waals surface area contributed by atoms with Gasteiger partial charge < -0.3 is 11.1 Å². The summed E-state index contributed by atoms with van der Waals surface area (Å²) < 4.78 is 0. The normalized spacial score (nSPS) is 12.3. The summed E-state index contributed by atoms with van der Waals surface area (Å²) in [4.78, 5) is 20.4. The molecule has 2 aromatic heterocycles. The minimum Gasteiger partial charge on any atom is -0.375 e. The van der Waals surface area contributed by atoms with Crippen LogP contribution >= 0.6 is 11.3 Å². The average molecular weight is 304 g/mol. The maximum Gasteiger partial charge on any atom is 0.220 e. The third-order valence-corrected chi connectivity index (χ3v) is 3.93. The van der Waals surface area contributed by atoms with E-state index in [1.165, 1.54) is 11.3 Å². The van der Waals surface area contributed by atoms with E-state index in [0.717, 1.165) is 11.3 Å². The number of hydrogen-bond donors (Lipinski definition) is 2. The van der Waals surface area contributed by atoms with Crippen LogP contribution in [0.25, 0.3) is 0 Å². The summed E-state index contributed by atoms with van der Waals surface area (Å²) in [6.07, 6.45) is 4.55. The van der Waals surface area contributed by atoms with E-state index in [9.17, 15) is 4.79 Å². The molecule has 21 heavy (non-hydrogen) atoms. The number of rotatable bonds is 6. The second-order valence-corrected chi connectivity index (χ2v) is 6.14. The highest BCUT2D eigenvalue weighted by atomic mass is 32.1. The van der Waals surface area contributed by atoms with E-state index in [0.29, 0.717) is 23.9 Å². The SMILES string of the molecule is CC(C)[C@H](NC(=O)CCc1csc(N)n1)c1cccnc1. The first-order valence-electron chi connectivity index (χ1n) is 6.95. The van der Waals surface area contributed by atoms with Crippen molar-refractivity contribution < 1.29 is 4.79 Å². The molecule has 0 fully saturated rings. The summed E-state index contributed by atoms with van der Waals surface area (Å²) in [5, 5.41) is 5.51. The molecule has 0 bridgehead atoms. The van der Waals surface area contributed by atoms with Gasteiger partial charge in [0.25, 0.3) is 0 Å². The Labute approximate surface area is 128 Å². The number of pyridine rings is 1. The molecule has 0 spiro atoms. The molecule has 0 aromatic carbocycles. The van der Waals surface area contributed by atoms with Gasteiger partial charge in [0.1, 0.15) is 0 Å². The largest absolute Gasteiger partial charge is 0.375 e. The lowest BCUT2D eigenvalue weighted by Gasteiger charge is -2.22. The third kappa shape index (κ3) is 4.53. The number of carbonyl (C=O) groups excluding carboxylic acids is 1. The van der Waals surface area contributed by atoms with Crippen molar-refractivity contribution in [3.05, 3.63) is 41.2 Å². The zero-order valence-electron chi connectivity index (χ0n) is 12.2. The fraction of sp³-hybridized carbons (Fsp3) is 0.400. The van der Waals surface area contributed by atoms with Crippen LogP contribution in [0.5, 0.6) is 0 Å². The Morgan fingerprint density at radius 3 is 2.86 bits per heavy atom. The van der Waals surface area contributed by atoms with Crippen molar-refractivity contribution in [2.45, 2.75) is 32.7 Å². The number of amides is 1. The van der Waals surface area contributed by atoms with Crippen LogP contribution in [0, 0.1) is 5.92 Å². The molecule has 2 aromatic rings. The molecule has 5 nitrogen and oxygen atoms in total. The average Bonchev–Trinajstić information content (AvgIpc) is 2.89. The Kier molecular flexibility index (Phi) is 5.27. The Morgan fingerprint density at radius 2 is 2.29 bits per heavy atom. The van der Waals surface area contributed by atoms with E-state index in [2.05, 4.69) is 29.1 Å². The molecule has 0 saturated heterocycles. The molecule has 0 aliphatic rings. The number of nitrogen functional groups attached to an aromatic ring is 1. The third-order valence-electron chi connectivity index (χ3n) is 3.20. The summed E-state index contributed by atoms with van der Waals surface area (Å²) in [5.41, 5.74) is 7.48. The standard InChI is InChI=1S/C15H20N4OS/c1-10(2)14(11-4-3-7-17-8-11)19-13(20)6-5-12-9-21-15(16)18-12/h3-4,7-10,14H,5-6H2,1-2H3,(H2,16,18)(H,19,20)/t14-/m0/s1. The van der Waals surface area contributed by atoms with Gasteiger partial charge in [-0.1, -0.05) is 19.9 Å². The van der Waals surface area contributed by atoms with Crippen LogP contribution in [0.3, 0.4) is 0 Å². The number of aryl methyl sites for hydroxylation is 1. The first-order chi connectivity index (χ1) is 10.1. The van der Waals surface area contributed by atoms with Crippen molar-refractivity contribution in [2.24, 2.45) is 5.92 Å². The number of nitrogens with one attached hydrogen (secondary N) is 1. The Bertz CT molecular complexity index is 582. The molecule has 112 valence electrons. The predicted molar refractivity (Wildman–Crippen MR) is 84.8 cm³/mol. The van der Waals surface area contributed by atoms with Gasteiger partial charge in [0.15, 0.2) is 5.13 Å². The second kappa shape index (κ2) is 7.17. The molecule has 0 saturated carbocycles. The van der Waals surface area contributed by atoms with Gasteiger partial charge in [-0.2, -0.15) is 0 Å². The van der Waals surface area contributed by atoms with Gasteiger partial charge in [0, 0.05) is 24.2 Å². The molecule has 3 N–H and O–H groups in total. The van der Waals surface area contributed by atoms with Crippen LogP contribution in [0.1, 0.15) is 37.6 Å². The van der Waals surface area contributed by atoms with Crippen LogP contribution < -0.4 is 11.1 Å². The van der Waals surface area contributed by atoms with Crippen molar-refractivity contribution in [1.82, 2.24) is 15.3 Å². The van der Waals surface area contributed by atoms with E-state index in [1.54, 1.807) is 12.4 Å². The maximum absolute atomic E-state index is 12.1. The van der Waals surface area contributed by atoms with Crippen LogP contribution in [-0.4, -0.2) is 15.9 Å². The monoisotopic (exact) mass is 304 g/mol. The van der Waals surface area contributed by atoms with E-state index < -0.39 is 0 Å². The highest BCUT2D eigenvalue weighted by Crippen LogP contribution is 2.21. The van der Waals surface area contributed by atoms with E-state index >= 15 is 0 Å². The minimum atomic E-state index is -0.0216. The Balaban J connectivity index is 1.93. The van der Waals surface area contributed by atoms with Gasteiger partial charge in [-0.05, 0) is 24.0 Å². The summed E-state index contributed by atoms with van der Waals surface area (Å²) in [5.74, 6) is 0.317. The van der Waals surface area contributed by atoms with Gasteiger partial charge in [-0.25, -0.2) is 4.98 Å². The first-order valence-corrected chi connectivity index (χ1v) is 7.83. The Morgan fingerprint density at radius 1 is 1.48 bits per heavy atom. The van der Waals surface area contributed by atoms with Crippen molar-refractivity contribution in [3.63, 3.8) is 0 Å². The zero-order valence-corrected chi connectivity index (χ0v) is 13.1. The maximum atomic E-state index is 12.1. The summed E-state index contributed by atoms with van der Waals surface area (Å²) in [7, 11) is 0. The molecule has 0 radical (unpaired) electrons. The molecular formula is C15H20N4OS. The molecule has 6 heteroatoms. The van der Waals surface area contributed by atoms with Crippen LogP contribution in [0.15, 0.2) is 29.9 Å². The Hall–Kier alpha value is -1.95. The topological polar surface area (TPSA) is 80.9 Å². The van der Waals surface area contributed by atoms with Crippen molar-refractivity contribution in [2.75, 3.05) is 5.73 Å². The summed E-state index contributed by atoms with van der Waals surface area (Å²) in [6, 6.07) is 3.85. The van der Waals surface area contributed by atoms with Crippen LogP contribution in [0.4, 0.5) is 5.13 Å². The highest BCUT2D eigenvalue weighted by Gasteiger charge is 2.18. The molecule has 1 amide bonds. The van der Waals surface area contributed by atoms with E-state index in [-0.39, 0.29) is 11.9 Å². The number of carbonyl (C=O) groups is 1. The van der Waals surface area contributed by atoms with Crippen LogP contribution in [0.2, 0.25) is 0 Å². The number of anilines is 1. The summed E-state index contributed by atoms with van der Waals surface area (Å²) >= 11 is 1.40. The number of aromatic nitrogens is 2. The predicted octanol–water partition coefficient (Wildman–Crippen LogP) is 2.57. The number of thiazole rings is 1. The quantitative estimate of drug-likeness (QED) is 0.859. The fourth-order valence-electron chi connectivity index (χ4n) is 2.12. The molecular weight excluding hydrogens is 284 g/mol. The molecule has 0 aliphatic carbocycles. The lowest BCUT2D eigenvalue weighted by atomic mass is 9.97. The molecule has 0 aliphatic heterocycles. The lowest BCUT2D eigenvalue weighted by Crippen LogP contribution is -2.32. The summed E-state index contributed by atoms with van der Waals surface area (Å²) in [6.45, 7) is 4.16. The van der Waals surface area contributed by atoms with Crippen molar-refractivity contribution in [3.8, 4) is 0 Å². The second-order valence-electron chi connectivity index (χ2n) is 5.25. The number of nitrogens with zero attached hydrogens (tertiary/aromatic N) is 2. The highest BCUT2D eigenvalue weighted by molar-refractivity contribution is 7.13. The van der Waals surface area contributed by atoms with Crippen molar-refractivity contribution >= 4 is 22.4 Å². The van der Waals surface area contributed by atoms with Gasteiger partial charge in [-0.3, -0.25) is 9.78 Å². The van der Waals surface area contributed by atoms with Crippen molar-refractivity contribution in [1.29, 1.82) is 0 Å². The number of hydrogen-bond acceptors (Lipinski definition) is 5. The molecule has 2 rings (SSSR count). The number of nitrogens with two attached hydrogens (primary N) is 1. The smallest absolute Gasteiger partial charge is 0.220 e. The minimum absolute atomic E-state index is 0.0177. The first kappa shape index (κ1) is 15.4. The zero-order chi connectivity index (χ0) is 15.2. The fourth-order valence-corrected chi connectivity index (χ4v) is 2.72. The molecule has 2 heterocycles. The van der Waals surface area contributed by atoms with E-state index in [1.807, 2.05) is 17.5 Å². The van der Waals surface area contributed by atoms with Crippen LogP contribution in [-0.2, 0) is 11.2 Å². The van der Waals surface area contributed by atoms with Gasteiger partial charge in [0.05, 0.1) is 11.7 Å². The lowest BCUT2D eigenvalue weighted by molar-refractivity contribution is -0.122. The van der Waals surface area contributed by atoms with Gasteiger partial charge in [-0.15, -0.1) is 11.3 Å².